The molecule has 0 radical (unpaired) electrons. The molecule has 0 saturated carbocycles. The molecule has 0 bridgehead atoms. The third-order valence-electron chi connectivity index (χ3n) is 10.5. The van der Waals surface area contributed by atoms with Gasteiger partial charge in [0, 0.05) is 39.5 Å². The molecule has 0 aliphatic carbocycles. The van der Waals surface area contributed by atoms with Gasteiger partial charge in [-0.1, -0.05) is 164 Å². The van der Waals surface area contributed by atoms with E-state index in [-0.39, 0.29) is 0 Å². The van der Waals surface area contributed by atoms with Gasteiger partial charge in [-0.25, -0.2) is 0 Å². The van der Waals surface area contributed by atoms with Gasteiger partial charge in [0.15, 0.2) is 0 Å². The van der Waals surface area contributed by atoms with E-state index in [0.29, 0.717) is 0 Å². The second-order valence-corrected chi connectivity index (χ2v) is 13.7. The van der Waals surface area contributed by atoms with Crippen molar-refractivity contribution in [2.24, 2.45) is 0 Å². The first-order valence-electron chi connectivity index (χ1n) is 18.4. The molecule has 1 aromatic heterocycles. The van der Waals surface area contributed by atoms with Gasteiger partial charge >= 0.3 is 0 Å². The zero-order valence-corrected chi connectivity index (χ0v) is 29.6. The summed E-state index contributed by atoms with van der Waals surface area (Å²) in [5, 5.41) is 4.71. The van der Waals surface area contributed by atoms with Crippen LogP contribution in [-0.2, 0) is 0 Å². The van der Waals surface area contributed by atoms with Crippen LogP contribution in [-0.4, -0.2) is 0 Å². The van der Waals surface area contributed by atoms with Crippen LogP contribution in [0.1, 0.15) is 0 Å². The minimum Gasteiger partial charge on any atom is -0.455 e. The van der Waals surface area contributed by atoms with Crippen molar-refractivity contribution in [3.8, 4) is 44.5 Å². The maximum Gasteiger partial charge on any atom is 0.143 e. The van der Waals surface area contributed by atoms with Crippen LogP contribution in [0.5, 0.6) is 0 Å². The molecular weight excluding hydrogens is 655 g/mol. The maximum atomic E-state index is 6.72. The van der Waals surface area contributed by atoms with E-state index < -0.39 is 0 Å². The maximum absolute atomic E-state index is 6.72. The quantitative estimate of drug-likeness (QED) is 0.166. The van der Waals surface area contributed by atoms with Crippen molar-refractivity contribution < 1.29 is 4.42 Å². The summed E-state index contributed by atoms with van der Waals surface area (Å²) in [5.41, 5.74) is 14.3. The molecule has 2 heteroatoms. The predicted molar refractivity (Wildman–Crippen MR) is 228 cm³/mol. The Kier molecular flexibility index (Phi) is 7.85. The van der Waals surface area contributed by atoms with Gasteiger partial charge in [-0.15, -0.1) is 0 Å². The Hall–Kier alpha value is -7.16. The first-order chi connectivity index (χ1) is 26.8. The van der Waals surface area contributed by atoms with Crippen LogP contribution >= 0.6 is 0 Å². The summed E-state index contributed by atoms with van der Waals surface area (Å²) in [6.07, 6.45) is 0. The molecule has 0 spiro atoms. The topological polar surface area (TPSA) is 16.4 Å². The molecule has 0 amide bonds. The number of nitrogens with zero attached hydrogens (tertiary/aromatic N) is 1. The largest absolute Gasteiger partial charge is 0.455 e. The fraction of sp³-hybridized carbons (Fsp3) is 0. The number of rotatable bonds is 7. The number of fused-ring (bicyclic) bond motifs is 4. The molecule has 0 saturated heterocycles. The van der Waals surface area contributed by atoms with Crippen LogP contribution in [0.15, 0.2) is 217 Å². The van der Waals surface area contributed by atoms with Crippen LogP contribution < -0.4 is 4.90 Å². The van der Waals surface area contributed by atoms with Gasteiger partial charge in [-0.2, -0.15) is 0 Å². The van der Waals surface area contributed by atoms with Crippen LogP contribution in [0.25, 0.3) is 77.2 Å². The average molecular weight is 690 g/mol. The number of anilines is 3. The fourth-order valence-electron chi connectivity index (χ4n) is 7.78. The van der Waals surface area contributed by atoms with E-state index in [4.69, 9.17) is 4.42 Å². The van der Waals surface area contributed by atoms with Crippen LogP contribution in [0.3, 0.4) is 0 Å². The minimum atomic E-state index is 0.858. The second kappa shape index (κ2) is 13.4. The first kappa shape index (κ1) is 31.6. The summed E-state index contributed by atoms with van der Waals surface area (Å²) in [4.78, 5) is 2.32. The third kappa shape index (κ3) is 5.71. The molecule has 0 fully saturated rings. The summed E-state index contributed by atoms with van der Waals surface area (Å²) >= 11 is 0. The SMILES string of the molecule is c1ccc(-c2ccccc2-c2ccc(N(c3ccc(-c4ccc5ccccc5c4)cc3)c3ccc4c(c3)oc3c(-c5ccccc5)cccc34)cc2)cc1. The van der Waals surface area contributed by atoms with Gasteiger partial charge in [-0.05, 0) is 92.2 Å². The highest BCUT2D eigenvalue weighted by Gasteiger charge is 2.18. The molecule has 10 rings (SSSR count). The molecule has 9 aromatic carbocycles. The summed E-state index contributed by atoms with van der Waals surface area (Å²) in [7, 11) is 0. The average Bonchev–Trinajstić information content (AvgIpc) is 3.63. The zero-order valence-electron chi connectivity index (χ0n) is 29.6. The first-order valence-corrected chi connectivity index (χ1v) is 18.4. The van der Waals surface area contributed by atoms with Crippen LogP contribution in [0.2, 0.25) is 0 Å². The van der Waals surface area contributed by atoms with Crippen LogP contribution in [0, 0.1) is 0 Å². The molecule has 0 aliphatic rings. The summed E-state index contributed by atoms with van der Waals surface area (Å²) in [6.45, 7) is 0. The summed E-state index contributed by atoms with van der Waals surface area (Å²) in [6, 6.07) is 75.7. The van der Waals surface area contributed by atoms with E-state index in [1.807, 2.05) is 6.07 Å². The Morgan fingerprint density at radius 1 is 0.296 bits per heavy atom. The lowest BCUT2D eigenvalue weighted by Crippen LogP contribution is -2.09. The highest BCUT2D eigenvalue weighted by molar-refractivity contribution is 6.10. The van der Waals surface area contributed by atoms with Crippen molar-refractivity contribution in [1.82, 2.24) is 0 Å². The minimum absolute atomic E-state index is 0.858. The lowest BCUT2D eigenvalue weighted by molar-refractivity contribution is 0.670. The smallest absolute Gasteiger partial charge is 0.143 e. The normalized spacial score (nSPS) is 11.3. The summed E-state index contributed by atoms with van der Waals surface area (Å²) < 4.78 is 6.72. The van der Waals surface area contributed by atoms with Gasteiger partial charge in [0.1, 0.15) is 11.2 Å². The Balaban J connectivity index is 1.08. The Labute approximate surface area is 314 Å². The van der Waals surface area contributed by atoms with Gasteiger partial charge in [0.05, 0.1) is 0 Å². The van der Waals surface area contributed by atoms with Crippen molar-refractivity contribution in [3.05, 3.63) is 212 Å². The van der Waals surface area contributed by atoms with E-state index in [2.05, 4.69) is 211 Å². The number of furan rings is 1. The lowest BCUT2D eigenvalue weighted by atomic mass is 9.94. The highest BCUT2D eigenvalue weighted by atomic mass is 16.3. The summed E-state index contributed by atoms with van der Waals surface area (Å²) in [5.74, 6) is 0. The number of benzene rings is 9. The molecule has 0 N–H and O–H groups in total. The molecule has 0 aliphatic heterocycles. The van der Waals surface area contributed by atoms with Crippen molar-refractivity contribution in [2.45, 2.75) is 0 Å². The van der Waals surface area contributed by atoms with Crippen molar-refractivity contribution in [2.75, 3.05) is 4.90 Å². The van der Waals surface area contributed by atoms with Gasteiger partial charge in [0.2, 0.25) is 0 Å². The van der Waals surface area contributed by atoms with Crippen molar-refractivity contribution >= 4 is 49.8 Å². The van der Waals surface area contributed by atoms with E-state index in [1.165, 1.54) is 44.2 Å². The van der Waals surface area contributed by atoms with Gasteiger partial charge in [-0.3, -0.25) is 0 Å². The van der Waals surface area contributed by atoms with E-state index >= 15 is 0 Å². The molecule has 10 aromatic rings. The molecule has 0 unspecified atom stereocenters. The highest BCUT2D eigenvalue weighted by Crippen LogP contribution is 2.42. The molecule has 0 atom stereocenters. The third-order valence-corrected chi connectivity index (χ3v) is 10.5. The molecule has 1 heterocycles. The Morgan fingerprint density at radius 3 is 1.50 bits per heavy atom. The molecule has 254 valence electrons. The predicted octanol–water partition coefficient (Wildman–Crippen LogP) is 14.9. The van der Waals surface area contributed by atoms with Gasteiger partial charge in [0.25, 0.3) is 0 Å². The number of para-hydroxylation sites is 1. The lowest BCUT2D eigenvalue weighted by Gasteiger charge is -2.26. The molecular formula is C52H35NO. The number of hydrogen-bond donors (Lipinski definition) is 0. The van der Waals surface area contributed by atoms with Gasteiger partial charge < -0.3 is 9.32 Å². The number of hydrogen-bond acceptors (Lipinski definition) is 2. The van der Waals surface area contributed by atoms with E-state index in [0.717, 1.165) is 50.1 Å². The zero-order chi connectivity index (χ0) is 35.8. The van der Waals surface area contributed by atoms with Crippen LogP contribution in [0.4, 0.5) is 17.1 Å². The van der Waals surface area contributed by atoms with E-state index in [9.17, 15) is 0 Å². The molecule has 54 heavy (non-hydrogen) atoms. The Bertz CT molecular complexity index is 2910. The second-order valence-electron chi connectivity index (χ2n) is 13.7. The monoisotopic (exact) mass is 689 g/mol. The van der Waals surface area contributed by atoms with E-state index in [1.54, 1.807) is 0 Å². The fourth-order valence-corrected chi connectivity index (χ4v) is 7.78. The molecule has 2 nitrogen and oxygen atoms in total. The standard InChI is InChI=1S/C52H35NO/c1-3-13-38(14-4-1)46-18-9-10-19-47(46)40-26-30-44(31-27-40)53(43-28-24-37(25-29-43)42-23-22-36-12-7-8-17-41(36)34-42)45-32-33-49-50-21-11-20-48(39-15-5-2-6-16-39)52(50)54-51(49)35-45/h1-35H. The Morgan fingerprint density at radius 2 is 0.815 bits per heavy atom. The van der Waals surface area contributed by atoms with Crippen molar-refractivity contribution in [3.63, 3.8) is 0 Å². The van der Waals surface area contributed by atoms with Crippen molar-refractivity contribution in [1.29, 1.82) is 0 Å².